The van der Waals surface area contributed by atoms with Crippen molar-refractivity contribution in [1.29, 1.82) is 0 Å². The standard InChI is InChI=1S/C44H51FN2O12S4/c1-43(2)35-28-32(62(54,55)56)18-20-38(35)46(24-7-9-26-60(48,49)50)40(43)22-16-30-12-11-13-31(42(30)34-14-5-6-15-37(34)45)17-23-41-44(3,4)36-29-33(63(57,58)59)19-21-39(36)47(41)25-8-10-27-61(51,52)53/h5-6,14-23,28-29H,7-13,24-27H2,1-4H3,(H3-,48,49,50,51,52,53,54,55,56,57,58,59)/p+1. The Labute approximate surface area is 369 Å². The van der Waals surface area contributed by atoms with Gasteiger partial charge in [0.2, 0.25) is 5.69 Å². The van der Waals surface area contributed by atoms with Gasteiger partial charge in [-0.1, -0.05) is 44.2 Å². The molecule has 14 nitrogen and oxygen atoms in total. The molecule has 0 saturated heterocycles. The second-order valence-corrected chi connectivity index (χ2v) is 23.0. The lowest BCUT2D eigenvalue weighted by atomic mass is 9.79. The summed E-state index contributed by atoms with van der Waals surface area (Å²) in [7, 11) is -17.5. The molecule has 2 heterocycles. The van der Waals surface area contributed by atoms with Crippen LogP contribution in [0.3, 0.4) is 0 Å². The smallest absolute Gasteiger partial charge is 0.294 e. The van der Waals surface area contributed by atoms with E-state index in [1.807, 2.05) is 61.5 Å². The number of nitrogens with zero attached hydrogens (tertiary/aromatic N) is 2. The molecule has 0 radical (unpaired) electrons. The average molecular weight is 948 g/mol. The Morgan fingerprint density at radius 3 is 1.92 bits per heavy atom. The topological polar surface area (TPSA) is 224 Å². The summed E-state index contributed by atoms with van der Waals surface area (Å²) in [6, 6.07) is 15.0. The fraction of sp³-hybridized carbons (Fsp3) is 0.386. The van der Waals surface area contributed by atoms with Crippen molar-refractivity contribution in [2.75, 3.05) is 29.5 Å². The molecular formula is C44H52FN2O12S4+. The van der Waals surface area contributed by atoms with E-state index in [2.05, 4.69) is 0 Å². The molecule has 3 aromatic carbocycles. The van der Waals surface area contributed by atoms with Gasteiger partial charge in [0.05, 0.1) is 26.7 Å². The number of rotatable bonds is 16. The SMILES string of the molecule is CC1(C)C(/C=C/C2=C(c3ccccc3F)C(=C/C=C3/N(CCCCS(=O)(=O)O)c4ccc(S(=O)(=O)O)cc4C3(C)C)/CCC2)=[N+](CCCCS(=O)(=O)O)c2ccc(S(=O)(=O)O)cc21. The molecule has 0 amide bonds. The summed E-state index contributed by atoms with van der Waals surface area (Å²) >= 11 is 0. The predicted octanol–water partition coefficient (Wildman–Crippen LogP) is 7.83. The zero-order chi connectivity index (χ0) is 46.3. The summed E-state index contributed by atoms with van der Waals surface area (Å²) < 4.78 is 151. The molecule has 4 N–H and O–H groups in total. The molecular weight excluding hydrogens is 896 g/mol. The molecule has 3 aliphatic rings. The molecule has 0 fully saturated rings. The maximum Gasteiger partial charge on any atom is 0.294 e. The lowest BCUT2D eigenvalue weighted by Crippen LogP contribution is -2.28. The number of hydrogen-bond donors (Lipinski definition) is 4. The van der Waals surface area contributed by atoms with Crippen molar-refractivity contribution >= 4 is 63.1 Å². The van der Waals surface area contributed by atoms with Crippen LogP contribution in [0, 0.1) is 5.82 Å². The molecule has 0 atom stereocenters. The first-order valence-electron chi connectivity index (χ1n) is 20.3. The third kappa shape index (κ3) is 10.8. The second kappa shape index (κ2) is 17.9. The highest BCUT2D eigenvalue weighted by molar-refractivity contribution is 7.86. The van der Waals surface area contributed by atoms with Gasteiger partial charge in [0.25, 0.3) is 40.5 Å². The lowest BCUT2D eigenvalue weighted by Gasteiger charge is -2.28. The highest BCUT2D eigenvalue weighted by atomic mass is 32.2. The summed E-state index contributed by atoms with van der Waals surface area (Å²) in [6.07, 6.45) is 10.4. The van der Waals surface area contributed by atoms with E-state index in [0.717, 1.165) is 22.6 Å². The van der Waals surface area contributed by atoms with Gasteiger partial charge >= 0.3 is 0 Å². The third-order valence-electron chi connectivity index (χ3n) is 12.0. The molecule has 6 rings (SSSR count). The van der Waals surface area contributed by atoms with Crippen LogP contribution in [0.1, 0.15) is 89.3 Å². The number of halogens is 1. The van der Waals surface area contributed by atoms with E-state index in [1.165, 1.54) is 30.3 Å². The van der Waals surface area contributed by atoms with Gasteiger partial charge in [0, 0.05) is 53.0 Å². The maximum atomic E-state index is 15.9. The molecule has 63 heavy (non-hydrogen) atoms. The van der Waals surface area contributed by atoms with Gasteiger partial charge in [0.1, 0.15) is 12.4 Å². The first-order valence-corrected chi connectivity index (χ1v) is 26.4. The third-order valence-corrected chi connectivity index (χ3v) is 15.3. The Kier molecular flexibility index (Phi) is 13.7. The van der Waals surface area contributed by atoms with E-state index in [9.17, 15) is 51.9 Å². The summed E-state index contributed by atoms with van der Waals surface area (Å²) in [4.78, 5) is 1.39. The quantitative estimate of drug-likeness (QED) is 0.0611. The zero-order valence-corrected chi connectivity index (χ0v) is 38.6. The molecule has 0 unspecified atom stereocenters. The molecule has 0 spiro atoms. The van der Waals surface area contributed by atoms with E-state index in [-0.39, 0.29) is 22.6 Å². The van der Waals surface area contributed by atoms with Crippen molar-refractivity contribution in [2.24, 2.45) is 0 Å². The van der Waals surface area contributed by atoms with Gasteiger partial charge in [-0.25, -0.2) is 4.39 Å². The number of benzene rings is 3. The van der Waals surface area contributed by atoms with Crippen LogP contribution in [0.4, 0.5) is 15.8 Å². The van der Waals surface area contributed by atoms with Gasteiger partial charge in [-0.15, -0.1) is 0 Å². The minimum atomic E-state index is -4.54. The van der Waals surface area contributed by atoms with Crippen LogP contribution in [0.15, 0.2) is 112 Å². The Morgan fingerprint density at radius 2 is 1.30 bits per heavy atom. The molecule has 2 aliphatic heterocycles. The molecule has 0 aromatic heterocycles. The van der Waals surface area contributed by atoms with Gasteiger partial charge in [0.15, 0.2) is 5.71 Å². The highest BCUT2D eigenvalue weighted by Gasteiger charge is 2.45. The molecule has 0 saturated carbocycles. The molecule has 19 heteroatoms. The summed E-state index contributed by atoms with van der Waals surface area (Å²) in [5, 5.41) is 0. The zero-order valence-electron chi connectivity index (χ0n) is 35.3. The predicted molar refractivity (Wildman–Crippen MR) is 239 cm³/mol. The minimum absolute atomic E-state index is 0.156. The number of fused-ring (bicyclic) bond motifs is 2. The van der Waals surface area contributed by atoms with Crippen LogP contribution in [-0.2, 0) is 51.3 Å². The molecule has 340 valence electrons. The van der Waals surface area contributed by atoms with E-state index in [1.54, 1.807) is 30.3 Å². The first-order chi connectivity index (χ1) is 29.2. The normalized spacial score (nSPS) is 19.2. The van der Waals surface area contributed by atoms with Gasteiger partial charge < -0.3 is 4.90 Å². The van der Waals surface area contributed by atoms with Gasteiger partial charge in [-0.05, 0) is 117 Å². The Hall–Kier alpha value is -4.34. The number of hydrogen-bond acceptors (Lipinski definition) is 9. The van der Waals surface area contributed by atoms with Crippen LogP contribution >= 0.6 is 0 Å². The largest absolute Gasteiger partial charge is 0.344 e. The summed E-state index contributed by atoms with van der Waals surface area (Å²) in [6.45, 7) is 8.22. The monoisotopic (exact) mass is 947 g/mol. The van der Waals surface area contributed by atoms with Crippen molar-refractivity contribution in [3.63, 3.8) is 0 Å². The van der Waals surface area contributed by atoms with Crippen molar-refractivity contribution in [3.8, 4) is 0 Å². The van der Waals surface area contributed by atoms with E-state index in [4.69, 9.17) is 0 Å². The van der Waals surface area contributed by atoms with E-state index < -0.39 is 68.6 Å². The number of allylic oxidation sites excluding steroid dienone is 8. The minimum Gasteiger partial charge on any atom is -0.344 e. The fourth-order valence-corrected chi connectivity index (χ4v) is 11.0. The summed E-state index contributed by atoms with van der Waals surface area (Å²) in [5.74, 6) is -1.33. The maximum absolute atomic E-state index is 15.9. The van der Waals surface area contributed by atoms with Gasteiger partial charge in [-0.3, -0.25) is 18.2 Å². The average Bonchev–Trinajstić information content (AvgIpc) is 3.52. The van der Waals surface area contributed by atoms with Crippen molar-refractivity contribution in [2.45, 2.75) is 93.3 Å². The lowest BCUT2D eigenvalue weighted by molar-refractivity contribution is -0.438. The van der Waals surface area contributed by atoms with Crippen molar-refractivity contribution in [1.82, 2.24) is 0 Å². The van der Waals surface area contributed by atoms with Crippen LogP contribution in [-0.4, -0.2) is 86.8 Å². The molecule has 1 aliphatic carbocycles. The van der Waals surface area contributed by atoms with Gasteiger partial charge in [-0.2, -0.15) is 38.2 Å². The molecule has 3 aromatic rings. The van der Waals surface area contributed by atoms with Crippen molar-refractivity contribution < 1.29 is 60.8 Å². The number of unbranched alkanes of at least 4 members (excludes halogenated alkanes) is 2. The van der Waals surface area contributed by atoms with Crippen LogP contribution in [0.25, 0.3) is 5.57 Å². The van der Waals surface area contributed by atoms with Crippen LogP contribution < -0.4 is 4.90 Å². The van der Waals surface area contributed by atoms with Crippen LogP contribution in [0.5, 0.6) is 0 Å². The highest BCUT2D eigenvalue weighted by Crippen LogP contribution is 2.49. The van der Waals surface area contributed by atoms with Crippen molar-refractivity contribution in [3.05, 3.63) is 124 Å². The first kappa shape index (κ1) is 48.1. The number of anilines is 1. The second-order valence-electron chi connectivity index (χ2n) is 17.0. The summed E-state index contributed by atoms with van der Waals surface area (Å²) in [5.41, 5.74) is 4.95. The van der Waals surface area contributed by atoms with E-state index in [0.29, 0.717) is 78.8 Å². The van der Waals surface area contributed by atoms with Crippen LogP contribution in [0.2, 0.25) is 0 Å². The Bertz CT molecular complexity index is 2950. The molecule has 0 bridgehead atoms. The van der Waals surface area contributed by atoms with E-state index >= 15 is 4.39 Å². The Balaban J connectivity index is 1.48. The Morgan fingerprint density at radius 1 is 0.698 bits per heavy atom. The fourth-order valence-electron chi connectivity index (χ4n) is 8.85.